The van der Waals surface area contributed by atoms with Crippen molar-refractivity contribution in [3.63, 3.8) is 0 Å². The average Bonchev–Trinajstić information content (AvgIpc) is 3.22. The summed E-state index contributed by atoms with van der Waals surface area (Å²) in [5.74, 6) is 2.01. The molecule has 0 spiro atoms. The summed E-state index contributed by atoms with van der Waals surface area (Å²) >= 11 is 0. The number of rotatable bonds is 3. The van der Waals surface area contributed by atoms with Crippen molar-refractivity contribution >= 4 is 17.7 Å². The monoisotopic (exact) mass is 359 g/mol. The van der Waals surface area contributed by atoms with E-state index in [4.69, 9.17) is 9.72 Å². The predicted molar refractivity (Wildman–Crippen MR) is 101 cm³/mol. The molecule has 7 heteroatoms. The second kappa shape index (κ2) is 7.78. The first-order valence-electron chi connectivity index (χ1n) is 9.97. The molecule has 0 radical (unpaired) electrons. The average molecular weight is 359 g/mol. The van der Waals surface area contributed by atoms with E-state index in [1.54, 1.807) is 0 Å². The lowest BCUT2D eigenvalue weighted by molar-refractivity contribution is -0.141. The summed E-state index contributed by atoms with van der Waals surface area (Å²) < 4.78 is 5.55. The maximum Gasteiger partial charge on any atom is 0.251 e. The van der Waals surface area contributed by atoms with Crippen LogP contribution >= 0.6 is 0 Å². The Morgan fingerprint density at radius 1 is 1.00 bits per heavy atom. The van der Waals surface area contributed by atoms with Gasteiger partial charge in [-0.15, -0.1) is 0 Å². The van der Waals surface area contributed by atoms with Gasteiger partial charge in [0.05, 0.1) is 0 Å². The molecule has 4 heterocycles. The van der Waals surface area contributed by atoms with Crippen LogP contribution in [0.5, 0.6) is 0 Å². The fourth-order valence-corrected chi connectivity index (χ4v) is 4.07. The fourth-order valence-electron chi connectivity index (χ4n) is 4.07. The molecule has 1 unspecified atom stereocenters. The normalized spacial score (nSPS) is 24.2. The van der Waals surface area contributed by atoms with Crippen LogP contribution < -0.4 is 9.80 Å². The molecule has 0 aliphatic carbocycles. The van der Waals surface area contributed by atoms with Crippen molar-refractivity contribution in [2.45, 2.75) is 45.1 Å². The predicted octanol–water partition coefficient (Wildman–Crippen LogP) is 1.60. The molecule has 3 fully saturated rings. The molecule has 1 atom stereocenters. The molecule has 3 aliphatic heterocycles. The number of hydrogen-bond acceptors (Lipinski definition) is 6. The summed E-state index contributed by atoms with van der Waals surface area (Å²) in [6.07, 6.45) is 5.39. The lowest BCUT2D eigenvalue weighted by Crippen LogP contribution is -2.51. The van der Waals surface area contributed by atoms with Crippen LogP contribution in [0.1, 0.15) is 37.8 Å². The SMILES string of the molecule is Cc1cc(N2CCN(C(=O)C3CCCO3)CC2)nc(N2CCCCC2)n1. The molecule has 0 bridgehead atoms. The van der Waals surface area contributed by atoms with Crippen molar-refractivity contribution in [1.82, 2.24) is 14.9 Å². The standard InChI is InChI=1S/C19H29N5O2/c1-15-14-17(21-19(20-15)24-7-3-2-4-8-24)22-9-11-23(12-10-22)18(25)16-6-5-13-26-16/h14,16H,2-13H2,1H3. The Kier molecular flexibility index (Phi) is 5.24. The molecule has 7 nitrogen and oxygen atoms in total. The number of piperidine rings is 1. The molecule has 1 aromatic rings. The van der Waals surface area contributed by atoms with Crippen molar-refractivity contribution in [3.8, 4) is 0 Å². The van der Waals surface area contributed by atoms with Crippen LogP contribution in [-0.4, -0.2) is 72.8 Å². The minimum Gasteiger partial charge on any atom is -0.368 e. The van der Waals surface area contributed by atoms with E-state index in [2.05, 4.69) is 20.9 Å². The highest BCUT2D eigenvalue weighted by molar-refractivity contribution is 5.81. The third-order valence-corrected chi connectivity index (χ3v) is 5.59. The highest BCUT2D eigenvalue weighted by Crippen LogP contribution is 2.22. The van der Waals surface area contributed by atoms with Gasteiger partial charge in [0.15, 0.2) is 0 Å². The van der Waals surface area contributed by atoms with E-state index in [-0.39, 0.29) is 12.0 Å². The lowest BCUT2D eigenvalue weighted by Gasteiger charge is -2.37. The van der Waals surface area contributed by atoms with Gasteiger partial charge >= 0.3 is 0 Å². The number of hydrogen-bond donors (Lipinski definition) is 0. The van der Waals surface area contributed by atoms with Crippen LogP contribution in [0.25, 0.3) is 0 Å². The van der Waals surface area contributed by atoms with Gasteiger partial charge in [-0.2, -0.15) is 4.98 Å². The zero-order valence-electron chi connectivity index (χ0n) is 15.7. The smallest absolute Gasteiger partial charge is 0.251 e. The number of amides is 1. The van der Waals surface area contributed by atoms with Crippen molar-refractivity contribution in [3.05, 3.63) is 11.8 Å². The van der Waals surface area contributed by atoms with Gasteiger partial charge in [0.25, 0.3) is 5.91 Å². The number of aromatic nitrogens is 2. The third kappa shape index (κ3) is 3.77. The van der Waals surface area contributed by atoms with Gasteiger partial charge in [-0.25, -0.2) is 4.98 Å². The molecule has 0 aromatic carbocycles. The molecule has 3 saturated heterocycles. The Morgan fingerprint density at radius 2 is 1.77 bits per heavy atom. The maximum absolute atomic E-state index is 12.5. The summed E-state index contributed by atoms with van der Waals surface area (Å²) in [5.41, 5.74) is 1.01. The first kappa shape index (κ1) is 17.5. The Bertz CT molecular complexity index is 633. The molecule has 1 amide bonds. The second-order valence-corrected chi connectivity index (χ2v) is 7.53. The van der Waals surface area contributed by atoms with E-state index in [0.717, 1.165) is 76.2 Å². The van der Waals surface area contributed by atoms with Crippen LogP contribution in [0.3, 0.4) is 0 Å². The number of piperazine rings is 1. The molecule has 0 N–H and O–H groups in total. The number of carbonyl (C=O) groups excluding carboxylic acids is 1. The topological polar surface area (TPSA) is 61.8 Å². The van der Waals surface area contributed by atoms with Gasteiger partial charge in [-0.05, 0) is 39.0 Å². The van der Waals surface area contributed by atoms with Gasteiger partial charge in [0.2, 0.25) is 5.95 Å². The van der Waals surface area contributed by atoms with Crippen LogP contribution in [0.4, 0.5) is 11.8 Å². The molecule has 1 aromatic heterocycles. The molecular formula is C19H29N5O2. The number of carbonyl (C=O) groups is 1. The summed E-state index contributed by atoms with van der Waals surface area (Å²) in [4.78, 5) is 28.5. The maximum atomic E-state index is 12.5. The van der Waals surface area contributed by atoms with Crippen LogP contribution in [0.2, 0.25) is 0 Å². The number of aryl methyl sites for hydroxylation is 1. The van der Waals surface area contributed by atoms with Crippen LogP contribution in [-0.2, 0) is 9.53 Å². The van der Waals surface area contributed by atoms with Gasteiger partial charge < -0.3 is 19.4 Å². The highest BCUT2D eigenvalue weighted by Gasteiger charge is 2.30. The van der Waals surface area contributed by atoms with Crippen molar-refractivity contribution < 1.29 is 9.53 Å². The second-order valence-electron chi connectivity index (χ2n) is 7.53. The molecule has 3 aliphatic rings. The Balaban J connectivity index is 1.40. The van der Waals surface area contributed by atoms with E-state index in [1.165, 1.54) is 19.3 Å². The van der Waals surface area contributed by atoms with Gasteiger partial charge in [0.1, 0.15) is 11.9 Å². The Morgan fingerprint density at radius 3 is 2.46 bits per heavy atom. The van der Waals surface area contributed by atoms with Crippen molar-refractivity contribution in [2.75, 3.05) is 55.7 Å². The molecular weight excluding hydrogens is 330 g/mol. The van der Waals surface area contributed by atoms with E-state index in [0.29, 0.717) is 0 Å². The lowest BCUT2D eigenvalue weighted by atomic mass is 10.1. The van der Waals surface area contributed by atoms with E-state index >= 15 is 0 Å². The number of ether oxygens (including phenoxy) is 1. The third-order valence-electron chi connectivity index (χ3n) is 5.59. The molecule has 0 saturated carbocycles. The summed E-state index contributed by atoms with van der Waals surface area (Å²) in [5, 5.41) is 0. The quantitative estimate of drug-likeness (QED) is 0.817. The minimum atomic E-state index is -0.214. The summed E-state index contributed by atoms with van der Waals surface area (Å²) in [6, 6.07) is 2.06. The molecule has 142 valence electrons. The van der Waals surface area contributed by atoms with Crippen LogP contribution in [0.15, 0.2) is 6.07 Å². The van der Waals surface area contributed by atoms with Crippen LogP contribution in [0, 0.1) is 6.92 Å². The Hall–Kier alpha value is -1.89. The van der Waals surface area contributed by atoms with Gasteiger partial charge in [-0.3, -0.25) is 4.79 Å². The largest absolute Gasteiger partial charge is 0.368 e. The Labute approximate surface area is 155 Å². The number of nitrogens with zero attached hydrogens (tertiary/aromatic N) is 5. The summed E-state index contributed by atoms with van der Waals surface area (Å²) in [6.45, 7) is 7.95. The van der Waals surface area contributed by atoms with E-state index < -0.39 is 0 Å². The van der Waals surface area contributed by atoms with Gasteiger partial charge in [-0.1, -0.05) is 0 Å². The van der Waals surface area contributed by atoms with Crippen molar-refractivity contribution in [2.24, 2.45) is 0 Å². The van der Waals surface area contributed by atoms with Gasteiger partial charge in [0, 0.05) is 57.6 Å². The first-order chi connectivity index (χ1) is 12.7. The molecule has 4 rings (SSSR count). The zero-order valence-corrected chi connectivity index (χ0v) is 15.7. The minimum absolute atomic E-state index is 0.162. The van der Waals surface area contributed by atoms with E-state index in [1.807, 2.05) is 11.8 Å². The van der Waals surface area contributed by atoms with E-state index in [9.17, 15) is 4.79 Å². The fraction of sp³-hybridized carbons (Fsp3) is 0.737. The van der Waals surface area contributed by atoms with Crippen molar-refractivity contribution in [1.29, 1.82) is 0 Å². The molecule has 26 heavy (non-hydrogen) atoms. The summed E-state index contributed by atoms with van der Waals surface area (Å²) in [7, 11) is 0. The highest BCUT2D eigenvalue weighted by atomic mass is 16.5. The first-order valence-corrected chi connectivity index (χ1v) is 9.97. The zero-order chi connectivity index (χ0) is 17.9. The number of anilines is 2.